The summed E-state index contributed by atoms with van der Waals surface area (Å²) < 4.78 is 0. The van der Waals surface area contributed by atoms with Gasteiger partial charge in [0.25, 0.3) is 0 Å². The van der Waals surface area contributed by atoms with Gasteiger partial charge in [0.05, 0.1) is 11.9 Å². The van der Waals surface area contributed by atoms with E-state index in [0.29, 0.717) is 6.54 Å². The molecule has 2 N–H and O–H groups in total. The van der Waals surface area contributed by atoms with E-state index in [2.05, 4.69) is 9.88 Å². The first-order chi connectivity index (χ1) is 6.92. The zero-order valence-electron chi connectivity index (χ0n) is 9.26. The fraction of sp³-hybridized carbons (Fsp3) is 0.545. The fourth-order valence-corrected chi connectivity index (χ4v) is 2.01. The fourth-order valence-electron chi connectivity index (χ4n) is 2.01. The second-order valence-corrected chi connectivity index (χ2v) is 3.76. The van der Waals surface area contributed by atoms with Gasteiger partial charge in [-0.15, -0.1) is 24.8 Å². The predicted octanol–water partition coefficient (Wildman–Crippen LogP) is 2.37. The van der Waals surface area contributed by atoms with E-state index in [-0.39, 0.29) is 24.8 Å². The van der Waals surface area contributed by atoms with E-state index >= 15 is 0 Å². The lowest BCUT2D eigenvalue weighted by Gasteiger charge is -2.29. The molecular formula is C11H19Cl2N3. The molecule has 0 spiro atoms. The molecule has 0 unspecified atom stereocenters. The maximum atomic E-state index is 5.70. The number of piperidine rings is 1. The van der Waals surface area contributed by atoms with Crippen LogP contribution in [0.2, 0.25) is 0 Å². The average molecular weight is 264 g/mol. The molecule has 2 rings (SSSR count). The van der Waals surface area contributed by atoms with Crippen molar-refractivity contribution in [3.63, 3.8) is 0 Å². The van der Waals surface area contributed by atoms with Gasteiger partial charge in [0.1, 0.15) is 0 Å². The normalized spacial score (nSPS) is 14.9. The molecule has 5 heteroatoms. The Bertz CT molecular complexity index is 301. The molecule has 2 heterocycles. The summed E-state index contributed by atoms with van der Waals surface area (Å²) in [7, 11) is 0. The second kappa shape index (κ2) is 7.71. The minimum Gasteiger partial charge on any atom is -0.370 e. The molecule has 3 nitrogen and oxygen atoms in total. The van der Waals surface area contributed by atoms with Gasteiger partial charge in [-0.05, 0) is 30.9 Å². The highest BCUT2D eigenvalue weighted by Gasteiger charge is 2.13. The van der Waals surface area contributed by atoms with Gasteiger partial charge >= 0.3 is 0 Å². The highest BCUT2D eigenvalue weighted by atomic mass is 35.5. The monoisotopic (exact) mass is 263 g/mol. The van der Waals surface area contributed by atoms with Crippen molar-refractivity contribution < 1.29 is 0 Å². The zero-order chi connectivity index (χ0) is 9.80. The minimum atomic E-state index is 0. The molecule has 1 aromatic rings. The Hall–Kier alpha value is -0.510. The lowest BCUT2D eigenvalue weighted by Crippen LogP contribution is -2.30. The van der Waals surface area contributed by atoms with Gasteiger partial charge in [-0.25, -0.2) is 0 Å². The van der Waals surface area contributed by atoms with Crippen LogP contribution in [-0.2, 0) is 6.54 Å². The third-order valence-corrected chi connectivity index (χ3v) is 2.80. The Balaban J connectivity index is 0.00000112. The summed E-state index contributed by atoms with van der Waals surface area (Å²) in [6, 6.07) is 2.02. The van der Waals surface area contributed by atoms with Crippen LogP contribution in [-0.4, -0.2) is 18.1 Å². The summed E-state index contributed by atoms with van der Waals surface area (Å²) >= 11 is 0. The van der Waals surface area contributed by atoms with E-state index < -0.39 is 0 Å². The maximum Gasteiger partial charge on any atom is 0.0598 e. The first-order valence-corrected chi connectivity index (χ1v) is 5.29. The Morgan fingerprint density at radius 1 is 1.19 bits per heavy atom. The molecule has 1 aromatic heterocycles. The van der Waals surface area contributed by atoms with E-state index in [1.807, 2.05) is 18.5 Å². The van der Waals surface area contributed by atoms with E-state index in [0.717, 1.165) is 13.1 Å². The summed E-state index contributed by atoms with van der Waals surface area (Å²) in [6.07, 6.45) is 7.69. The van der Waals surface area contributed by atoms with Crippen LogP contribution in [0.5, 0.6) is 0 Å². The Morgan fingerprint density at radius 3 is 2.50 bits per heavy atom. The van der Waals surface area contributed by atoms with E-state index in [4.69, 9.17) is 5.73 Å². The van der Waals surface area contributed by atoms with Crippen molar-refractivity contribution >= 4 is 30.5 Å². The SMILES string of the molecule is Cl.Cl.NCc1ccncc1N1CCCCC1. The molecule has 0 atom stereocenters. The predicted molar refractivity (Wildman–Crippen MR) is 72.7 cm³/mol. The number of pyridine rings is 1. The van der Waals surface area contributed by atoms with Crippen molar-refractivity contribution in [1.29, 1.82) is 0 Å². The maximum absolute atomic E-state index is 5.70. The molecule has 1 fully saturated rings. The topological polar surface area (TPSA) is 42.1 Å². The Kier molecular flexibility index (Phi) is 7.47. The van der Waals surface area contributed by atoms with Crippen molar-refractivity contribution in [3.05, 3.63) is 24.0 Å². The smallest absolute Gasteiger partial charge is 0.0598 e. The zero-order valence-corrected chi connectivity index (χ0v) is 10.9. The van der Waals surface area contributed by atoms with Crippen molar-refractivity contribution in [2.75, 3.05) is 18.0 Å². The summed E-state index contributed by atoms with van der Waals surface area (Å²) in [5, 5.41) is 0. The van der Waals surface area contributed by atoms with Crippen molar-refractivity contribution in [1.82, 2.24) is 4.98 Å². The van der Waals surface area contributed by atoms with Gasteiger partial charge in [-0.2, -0.15) is 0 Å². The molecule has 0 aliphatic carbocycles. The number of nitrogens with zero attached hydrogens (tertiary/aromatic N) is 2. The Morgan fingerprint density at radius 2 is 1.88 bits per heavy atom. The molecule has 0 saturated carbocycles. The summed E-state index contributed by atoms with van der Waals surface area (Å²) in [5.74, 6) is 0. The molecular weight excluding hydrogens is 245 g/mol. The first kappa shape index (κ1) is 15.5. The largest absolute Gasteiger partial charge is 0.370 e. The number of hydrogen-bond acceptors (Lipinski definition) is 3. The van der Waals surface area contributed by atoms with Crippen LogP contribution < -0.4 is 10.6 Å². The van der Waals surface area contributed by atoms with Gasteiger partial charge in [-0.3, -0.25) is 4.98 Å². The molecule has 1 saturated heterocycles. The van der Waals surface area contributed by atoms with Crippen LogP contribution in [0.3, 0.4) is 0 Å². The number of hydrogen-bond donors (Lipinski definition) is 1. The molecule has 0 radical (unpaired) electrons. The van der Waals surface area contributed by atoms with E-state index in [1.54, 1.807) is 0 Å². The average Bonchev–Trinajstić information content (AvgIpc) is 2.30. The van der Waals surface area contributed by atoms with Crippen LogP contribution in [0.1, 0.15) is 24.8 Å². The number of nitrogens with two attached hydrogens (primary N) is 1. The van der Waals surface area contributed by atoms with Crippen molar-refractivity contribution in [2.24, 2.45) is 5.73 Å². The van der Waals surface area contributed by atoms with E-state index in [1.165, 1.54) is 30.5 Å². The van der Waals surface area contributed by atoms with Gasteiger partial charge in [0.2, 0.25) is 0 Å². The molecule has 0 aromatic carbocycles. The van der Waals surface area contributed by atoms with Crippen LogP contribution in [0.4, 0.5) is 5.69 Å². The van der Waals surface area contributed by atoms with Crippen LogP contribution in [0.25, 0.3) is 0 Å². The van der Waals surface area contributed by atoms with Gasteiger partial charge < -0.3 is 10.6 Å². The third-order valence-electron chi connectivity index (χ3n) is 2.80. The standard InChI is InChI=1S/C11H17N3.2ClH/c12-8-10-4-5-13-9-11(10)14-6-2-1-3-7-14;;/h4-5,9H,1-3,6-8,12H2;2*1H. The lowest BCUT2D eigenvalue weighted by molar-refractivity contribution is 0.575. The Labute approximate surface area is 109 Å². The lowest BCUT2D eigenvalue weighted by atomic mass is 10.1. The summed E-state index contributed by atoms with van der Waals surface area (Å²) in [5.41, 5.74) is 8.14. The van der Waals surface area contributed by atoms with Gasteiger partial charge in [0, 0.05) is 25.8 Å². The third kappa shape index (κ3) is 3.51. The number of anilines is 1. The van der Waals surface area contributed by atoms with Crippen LogP contribution >= 0.6 is 24.8 Å². The number of halogens is 2. The van der Waals surface area contributed by atoms with Crippen molar-refractivity contribution in [3.8, 4) is 0 Å². The van der Waals surface area contributed by atoms with Gasteiger partial charge in [-0.1, -0.05) is 0 Å². The van der Waals surface area contributed by atoms with Crippen LogP contribution in [0.15, 0.2) is 18.5 Å². The molecule has 0 amide bonds. The summed E-state index contributed by atoms with van der Waals surface area (Å²) in [6.45, 7) is 2.91. The highest BCUT2D eigenvalue weighted by Crippen LogP contribution is 2.22. The summed E-state index contributed by atoms with van der Waals surface area (Å²) in [4.78, 5) is 6.57. The molecule has 1 aliphatic rings. The molecule has 92 valence electrons. The highest BCUT2D eigenvalue weighted by molar-refractivity contribution is 5.85. The first-order valence-electron chi connectivity index (χ1n) is 5.29. The minimum absolute atomic E-state index is 0. The quantitative estimate of drug-likeness (QED) is 0.891. The molecule has 0 bridgehead atoms. The molecule has 16 heavy (non-hydrogen) atoms. The van der Waals surface area contributed by atoms with E-state index in [9.17, 15) is 0 Å². The van der Waals surface area contributed by atoms with Gasteiger partial charge in [0.15, 0.2) is 0 Å². The second-order valence-electron chi connectivity index (χ2n) is 3.76. The number of aromatic nitrogens is 1. The number of rotatable bonds is 2. The van der Waals surface area contributed by atoms with Crippen molar-refractivity contribution in [2.45, 2.75) is 25.8 Å². The molecule has 1 aliphatic heterocycles. The van der Waals surface area contributed by atoms with Crippen LogP contribution in [0, 0.1) is 0 Å².